The molecule has 0 saturated heterocycles. The number of carboxylic acid groups (broad SMARTS) is 1. The average molecular weight is 356 g/mol. The van der Waals surface area contributed by atoms with E-state index in [2.05, 4.69) is 0 Å². The number of halogens is 1. The summed E-state index contributed by atoms with van der Waals surface area (Å²) in [6.45, 7) is 0.0523. The van der Waals surface area contributed by atoms with Gasteiger partial charge in [0.25, 0.3) is 0 Å². The first kappa shape index (κ1) is 18.2. The number of fused-ring (bicyclic) bond motifs is 1. The molecule has 0 fully saturated rings. The van der Waals surface area contributed by atoms with Crippen molar-refractivity contribution in [1.82, 2.24) is 0 Å². The second kappa shape index (κ2) is 8.07. The molecule has 0 spiro atoms. The number of ketones is 1. The quantitative estimate of drug-likeness (QED) is 0.530. The molecule has 1 heterocycles. The van der Waals surface area contributed by atoms with Gasteiger partial charge in [0.15, 0.2) is 23.1 Å². The monoisotopic (exact) mass is 356 g/mol. The summed E-state index contributed by atoms with van der Waals surface area (Å²) < 4.78 is 25.6. The van der Waals surface area contributed by atoms with E-state index in [4.69, 9.17) is 19.7 Å². The van der Waals surface area contributed by atoms with Crippen LogP contribution in [-0.2, 0) is 4.79 Å². The first-order chi connectivity index (χ1) is 11.5. The second-order valence-corrected chi connectivity index (χ2v) is 6.07. The average Bonchev–Trinajstić information content (AvgIpc) is 2.99. The highest BCUT2D eigenvalue weighted by Gasteiger charge is 2.20. The summed E-state index contributed by atoms with van der Waals surface area (Å²) in [6, 6.07) is 2.98. The predicted octanol–water partition coefficient (Wildman–Crippen LogP) is 2.86. The Hall–Kier alpha value is -2.19. The van der Waals surface area contributed by atoms with Crippen LogP contribution in [0.4, 0.5) is 4.39 Å². The maximum absolute atomic E-state index is 14.7. The number of aliphatic hydroxyl groups is 1. The minimum atomic E-state index is -1.06. The van der Waals surface area contributed by atoms with Crippen molar-refractivity contribution in [2.75, 3.05) is 20.3 Å². The Labute approximate surface area is 141 Å². The maximum Gasteiger partial charge on any atom is 0.303 e. The lowest BCUT2D eigenvalue weighted by Crippen LogP contribution is -2.03. The number of thiophene rings is 1. The molecule has 1 aromatic heterocycles. The van der Waals surface area contributed by atoms with E-state index in [0.29, 0.717) is 16.0 Å². The third-order valence-electron chi connectivity index (χ3n) is 3.29. The van der Waals surface area contributed by atoms with Gasteiger partial charge in [0.05, 0.1) is 25.0 Å². The van der Waals surface area contributed by atoms with Gasteiger partial charge < -0.3 is 19.7 Å². The van der Waals surface area contributed by atoms with Crippen LogP contribution in [0.2, 0.25) is 0 Å². The standard InChI is InChI=1S/C16H17FO6S/c1-22-11-8-12-9(15(17)16(11)23-6-2-5-18)7-13(24-12)10(19)3-4-14(20)21/h7-8,18H,2-6H2,1H3,(H,20,21). The van der Waals surface area contributed by atoms with Crippen molar-refractivity contribution in [1.29, 1.82) is 0 Å². The van der Waals surface area contributed by atoms with Gasteiger partial charge in [0, 0.05) is 35.6 Å². The smallest absolute Gasteiger partial charge is 0.303 e. The molecule has 24 heavy (non-hydrogen) atoms. The first-order valence-electron chi connectivity index (χ1n) is 7.26. The molecule has 2 N–H and O–H groups in total. The molecule has 0 aliphatic carbocycles. The molecular formula is C16H17FO6S. The number of carboxylic acids is 1. The summed E-state index contributed by atoms with van der Waals surface area (Å²) in [5.74, 6) is -1.92. The fourth-order valence-electron chi connectivity index (χ4n) is 2.10. The van der Waals surface area contributed by atoms with Crippen molar-refractivity contribution < 1.29 is 33.7 Å². The first-order valence-corrected chi connectivity index (χ1v) is 8.08. The number of carbonyl (C=O) groups is 2. The van der Waals surface area contributed by atoms with Crippen molar-refractivity contribution >= 4 is 33.2 Å². The van der Waals surface area contributed by atoms with Crippen LogP contribution in [0.5, 0.6) is 11.5 Å². The zero-order valence-corrected chi connectivity index (χ0v) is 13.8. The van der Waals surface area contributed by atoms with Crippen molar-refractivity contribution in [3.63, 3.8) is 0 Å². The molecule has 130 valence electrons. The number of hydrogen-bond acceptors (Lipinski definition) is 6. The molecule has 2 aromatic rings. The number of rotatable bonds is 9. The number of aliphatic carboxylic acids is 1. The fraction of sp³-hybridized carbons (Fsp3) is 0.375. The van der Waals surface area contributed by atoms with Crippen LogP contribution in [0.15, 0.2) is 12.1 Å². The van der Waals surface area contributed by atoms with E-state index in [1.807, 2.05) is 0 Å². The summed E-state index contributed by atoms with van der Waals surface area (Å²) >= 11 is 1.08. The number of ether oxygens (including phenoxy) is 2. The lowest BCUT2D eigenvalue weighted by Gasteiger charge is -2.11. The number of aliphatic hydroxyl groups excluding tert-OH is 1. The topological polar surface area (TPSA) is 93.1 Å². The molecule has 0 atom stereocenters. The summed E-state index contributed by atoms with van der Waals surface area (Å²) in [5, 5.41) is 17.6. The van der Waals surface area contributed by atoms with Crippen LogP contribution in [-0.4, -0.2) is 42.3 Å². The molecule has 0 unspecified atom stereocenters. The highest BCUT2D eigenvalue weighted by atomic mass is 32.1. The van der Waals surface area contributed by atoms with Crippen LogP contribution in [0.1, 0.15) is 28.9 Å². The number of carbonyl (C=O) groups excluding carboxylic acids is 1. The van der Waals surface area contributed by atoms with Crippen molar-refractivity contribution in [2.24, 2.45) is 0 Å². The van der Waals surface area contributed by atoms with Crippen molar-refractivity contribution in [2.45, 2.75) is 19.3 Å². The van der Waals surface area contributed by atoms with Gasteiger partial charge in [-0.05, 0) is 6.07 Å². The van der Waals surface area contributed by atoms with Gasteiger partial charge in [-0.3, -0.25) is 9.59 Å². The normalized spacial score (nSPS) is 10.8. The van der Waals surface area contributed by atoms with Crippen molar-refractivity contribution in [3.8, 4) is 11.5 Å². The summed E-state index contributed by atoms with van der Waals surface area (Å²) in [4.78, 5) is 22.9. The molecule has 6 nitrogen and oxygen atoms in total. The van der Waals surface area contributed by atoms with Gasteiger partial charge in [-0.2, -0.15) is 0 Å². The van der Waals surface area contributed by atoms with E-state index in [-0.39, 0.29) is 48.7 Å². The number of Topliss-reactive ketones (excluding diaryl/α,β-unsaturated/α-hetero) is 1. The third-order valence-corrected chi connectivity index (χ3v) is 4.42. The predicted molar refractivity (Wildman–Crippen MR) is 86.7 cm³/mol. The summed E-state index contributed by atoms with van der Waals surface area (Å²) in [5.41, 5.74) is 0. The van der Waals surface area contributed by atoms with Gasteiger partial charge in [0.1, 0.15) is 0 Å². The molecular weight excluding hydrogens is 339 g/mol. The van der Waals surface area contributed by atoms with Gasteiger partial charge in [0.2, 0.25) is 0 Å². The Bertz CT molecular complexity index is 755. The second-order valence-electron chi connectivity index (χ2n) is 4.99. The van der Waals surface area contributed by atoms with E-state index in [0.717, 1.165) is 11.3 Å². The van der Waals surface area contributed by atoms with Crippen LogP contribution < -0.4 is 9.47 Å². The Morgan fingerprint density at radius 2 is 2.04 bits per heavy atom. The van der Waals surface area contributed by atoms with Gasteiger partial charge in [-0.15, -0.1) is 11.3 Å². The maximum atomic E-state index is 14.7. The number of benzene rings is 1. The van der Waals surface area contributed by atoms with Gasteiger partial charge in [-0.1, -0.05) is 0 Å². The molecule has 0 aliphatic heterocycles. The van der Waals surface area contributed by atoms with E-state index < -0.39 is 11.8 Å². The zero-order valence-electron chi connectivity index (χ0n) is 13.0. The van der Waals surface area contributed by atoms with Crippen LogP contribution in [0.3, 0.4) is 0 Å². The van der Waals surface area contributed by atoms with Crippen LogP contribution in [0, 0.1) is 5.82 Å². The lowest BCUT2D eigenvalue weighted by molar-refractivity contribution is -0.136. The summed E-state index contributed by atoms with van der Waals surface area (Å²) in [6.07, 6.45) is -0.0572. The molecule has 0 saturated carbocycles. The van der Waals surface area contributed by atoms with E-state index in [9.17, 15) is 14.0 Å². The molecule has 8 heteroatoms. The molecule has 1 aromatic carbocycles. The Morgan fingerprint density at radius 1 is 1.29 bits per heavy atom. The largest absolute Gasteiger partial charge is 0.493 e. The minimum Gasteiger partial charge on any atom is -0.493 e. The zero-order chi connectivity index (χ0) is 17.7. The lowest BCUT2D eigenvalue weighted by atomic mass is 10.1. The summed E-state index contributed by atoms with van der Waals surface area (Å²) in [7, 11) is 1.38. The Morgan fingerprint density at radius 3 is 2.67 bits per heavy atom. The van der Waals surface area contributed by atoms with E-state index in [1.165, 1.54) is 13.2 Å². The van der Waals surface area contributed by atoms with Gasteiger partial charge >= 0.3 is 5.97 Å². The molecule has 0 bridgehead atoms. The molecule has 0 amide bonds. The Balaban J connectivity index is 2.35. The van der Waals surface area contributed by atoms with E-state index in [1.54, 1.807) is 6.07 Å². The fourth-order valence-corrected chi connectivity index (χ4v) is 3.16. The minimum absolute atomic E-state index is 0.0687. The SMILES string of the molecule is COc1cc2sc(C(=O)CCC(=O)O)cc2c(F)c1OCCCO. The molecule has 0 radical (unpaired) electrons. The van der Waals surface area contributed by atoms with Gasteiger partial charge in [-0.25, -0.2) is 4.39 Å². The van der Waals surface area contributed by atoms with Crippen molar-refractivity contribution in [3.05, 3.63) is 22.8 Å². The molecule has 0 aliphatic rings. The van der Waals surface area contributed by atoms with Crippen LogP contribution >= 0.6 is 11.3 Å². The third kappa shape index (κ3) is 4.01. The highest BCUT2D eigenvalue weighted by Crippen LogP contribution is 2.40. The highest BCUT2D eigenvalue weighted by molar-refractivity contribution is 7.20. The number of hydrogen-bond donors (Lipinski definition) is 2. The van der Waals surface area contributed by atoms with E-state index >= 15 is 0 Å². The Kier molecular flexibility index (Phi) is 6.10. The van der Waals surface area contributed by atoms with Crippen LogP contribution in [0.25, 0.3) is 10.1 Å². The number of methoxy groups -OCH3 is 1. The molecule has 2 rings (SSSR count).